The van der Waals surface area contributed by atoms with Crippen molar-refractivity contribution in [3.8, 4) is 0 Å². The molecule has 0 saturated heterocycles. The van der Waals surface area contributed by atoms with Gasteiger partial charge >= 0.3 is 0 Å². The van der Waals surface area contributed by atoms with Crippen LogP contribution in [0, 0.1) is 0 Å². The monoisotopic (exact) mass is 393 g/mol. The van der Waals surface area contributed by atoms with E-state index in [1.54, 1.807) is 41.3 Å². The Morgan fingerprint density at radius 2 is 1.92 bits per heavy atom. The number of carbonyl (C=O) groups excluding carboxylic acids is 1. The van der Waals surface area contributed by atoms with Crippen LogP contribution >= 0.6 is 46.3 Å². The fourth-order valence-corrected chi connectivity index (χ4v) is 4.38. The number of hydrogen-bond donors (Lipinski definition) is 1. The molecule has 0 atom stereocenters. The van der Waals surface area contributed by atoms with Crippen molar-refractivity contribution in [2.45, 2.75) is 10.6 Å². The molecule has 0 saturated carbocycles. The Balaban J connectivity index is 1.77. The van der Waals surface area contributed by atoms with Crippen molar-refractivity contribution >= 4 is 57.9 Å². The van der Waals surface area contributed by atoms with Crippen LogP contribution in [0.15, 0.2) is 64.9 Å². The standard InChI is InChI=1S/C18H13Cl2NOS2/c19-12-7-8-16(15(20)10-12)21-18(22)14-5-1-2-6-17(14)24-11-13-4-3-9-23-13/h1-10H,11H2,(H,21,22). The number of nitrogens with one attached hydrogen (secondary N) is 1. The summed E-state index contributed by atoms with van der Waals surface area (Å²) in [4.78, 5) is 14.8. The Hall–Kier alpha value is -1.46. The molecular weight excluding hydrogens is 381 g/mol. The molecule has 6 heteroatoms. The van der Waals surface area contributed by atoms with E-state index in [2.05, 4.69) is 16.8 Å². The quantitative estimate of drug-likeness (QED) is 0.494. The molecule has 1 aromatic heterocycles. The van der Waals surface area contributed by atoms with Crippen LogP contribution in [0.1, 0.15) is 15.2 Å². The summed E-state index contributed by atoms with van der Waals surface area (Å²) in [7, 11) is 0. The minimum absolute atomic E-state index is 0.187. The van der Waals surface area contributed by atoms with E-state index >= 15 is 0 Å². The molecule has 2 nitrogen and oxygen atoms in total. The SMILES string of the molecule is O=C(Nc1ccc(Cl)cc1Cl)c1ccccc1SCc1cccs1. The van der Waals surface area contributed by atoms with Crippen molar-refractivity contribution in [3.63, 3.8) is 0 Å². The van der Waals surface area contributed by atoms with E-state index in [1.165, 1.54) is 4.88 Å². The Labute approximate surface area is 158 Å². The van der Waals surface area contributed by atoms with Gasteiger partial charge in [-0.15, -0.1) is 23.1 Å². The lowest BCUT2D eigenvalue weighted by atomic mass is 10.2. The first-order chi connectivity index (χ1) is 11.6. The van der Waals surface area contributed by atoms with Gasteiger partial charge < -0.3 is 5.32 Å². The number of rotatable bonds is 5. The minimum Gasteiger partial charge on any atom is -0.321 e. The molecule has 1 heterocycles. The van der Waals surface area contributed by atoms with Gasteiger partial charge in [-0.2, -0.15) is 0 Å². The summed E-state index contributed by atoms with van der Waals surface area (Å²) in [5.41, 5.74) is 1.18. The topological polar surface area (TPSA) is 29.1 Å². The van der Waals surface area contributed by atoms with Gasteiger partial charge in [-0.1, -0.05) is 41.4 Å². The van der Waals surface area contributed by atoms with Gasteiger partial charge in [-0.3, -0.25) is 4.79 Å². The Kier molecular flexibility index (Phi) is 5.85. The summed E-state index contributed by atoms with van der Waals surface area (Å²) < 4.78 is 0. The molecule has 0 aliphatic heterocycles. The predicted molar refractivity (Wildman–Crippen MR) is 105 cm³/mol. The fraction of sp³-hybridized carbons (Fsp3) is 0.0556. The largest absolute Gasteiger partial charge is 0.321 e. The average molecular weight is 394 g/mol. The molecule has 24 heavy (non-hydrogen) atoms. The normalized spacial score (nSPS) is 10.6. The second-order valence-electron chi connectivity index (χ2n) is 4.94. The van der Waals surface area contributed by atoms with E-state index in [9.17, 15) is 4.79 Å². The maximum Gasteiger partial charge on any atom is 0.256 e. The van der Waals surface area contributed by atoms with Gasteiger partial charge in [0.2, 0.25) is 0 Å². The number of thiophene rings is 1. The molecule has 0 radical (unpaired) electrons. The van der Waals surface area contributed by atoms with Crippen molar-refractivity contribution in [3.05, 3.63) is 80.5 Å². The molecular formula is C18H13Cl2NOS2. The molecule has 0 unspecified atom stereocenters. The first-order valence-corrected chi connectivity index (χ1v) is 9.76. The summed E-state index contributed by atoms with van der Waals surface area (Å²) in [5, 5.41) is 5.85. The Morgan fingerprint density at radius 1 is 1.08 bits per heavy atom. The molecule has 122 valence electrons. The third-order valence-electron chi connectivity index (χ3n) is 3.26. The lowest BCUT2D eigenvalue weighted by Gasteiger charge is -2.11. The second-order valence-corrected chi connectivity index (χ2v) is 7.84. The fourth-order valence-electron chi connectivity index (χ4n) is 2.10. The van der Waals surface area contributed by atoms with Crippen molar-refractivity contribution in [1.29, 1.82) is 0 Å². The lowest BCUT2D eigenvalue weighted by Crippen LogP contribution is -2.13. The lowest BCUT2D eigenvalue weighted by molar-refractivity contribution is 0.102. The smallest absolute Gasteiger partial charge is 0.256 e. The van der Waals surface area contributed by atoms with Gasteiger partial charge in [-0.05, 0) is 41.8 Å². The summed E-state index contributed by atoms with van der Waals surface area (Å²) in [6.07, 6.45) is 0. The number of benzene rings is 2. The third kappa shape index (κ3) is 4.33. The molecule has 2 aromatic carbocycles. The van der Waals surface area contributed by atoms with Crippen molar-refractivity contribution in [1.82, 2.24) is 0 Å². The zero-order chi connectivity index (χ0) is 16.9. The van der Waals surface area contributed by atoms with Crippen LogP contribution in [0.2, 0.25) is 10.0 Å². The maximum atomic E-state index is 12.6. The summed E-state index contributed by atoms with van der Waals surface area (Å²) in [6, 6.07) is 16.7. The minimum atomic E-state index is -0.187. The van der Waals surface area contributed by atoms with E-state index in [1.807, 2.05) is 30.3 Å². The van der Waals surface area contributed by atoms with Crippen LogP contribution in [-0.2, 0) is 5.75 Å². The van der Waals surface area contributed by atoms with Crippen molar-refractivity contribution in [2.24, 2.45) is 0 Å². The second kappa shape index (κ2) is 8.08. The molecule has 1 N–H and O–H groups in total. The van der Waals surface area contributed by atoms with E-state index in [-0.39, 0.29) is 5.91 Å². The maximum absolute atomic E-state index is 12.6. The summed E-state index contributed by atoms with van der Waals surface area (Å²) in [5.74, 6) is 0.650. The highest BCUT2D eigenvalue weighted by Gasteiger charge is 2.13. The van der Waals surface area contributed by atoms with Crippen LogP contribution in [0.3, 0.4) is 0 Å². The van der Waals surface area contributed by atoms with Crippen LogP contribution in [0.25, 0.3) is 0 Å². The van der Waals surface area contributed by atoms with Gasteiger partial charge in [0.25, 0.3) is 5.91 Å². The van der Waals surface area contributed by atoms with Crippen molar-refractivity contribution in [2.75, 3.05) is 5.32 Å². The molecule has 0 aliphatic rings. The molecule has 0 aliphatic carbocycles. The highest BCUT2D eigenvalue weighted by molar-refractivity contribution is 7.98. The molecule has 0 spiro atoms. The van der Waals surface area contributed by atoms with Crippen molar-refractivity contribution < 1.29 is 4.79 Å². The average Bonchev–Trinajstić information content (AvgIpc) is 3.09. The number of thioether (sulfide) groups is 1. The predicted octanol–water partition coefficient (Wildman–Crippen LogP) is 6.60. The number of anilines is 1. The zero-order valence-corrected chi connectivity index (χ0v) is 15.6. The van der Waals surface area contributed by atoms with Gasteiger partial charge in [0, 0.05) is 20.5 Å². The van der Waals surface area contributed by atoms with E-state index in [4.69, 9.17) is 23.2 Å². The number of amides is 1. The summed E-state index contributed by atoms with van der Waals surface area (Å²) >= 11 is 15.4. The van der Waals surface area contributed by atoms with Crippen LogP contribution in [0.5, 0.6) is 0 Å². The molecule has 1 amide bonds. The molecule has 0 fully saturated rings. The Bertz CT molecular complexity index is 850. The first kappa shape index (κ1) is 17.4. The van der Waals surface area contributed by atoms with E-state index in [0.717, 1.165) is 10.6 Å². The van der Waals surface area contributed by atoms with Gasteiger partial charge in [0.05, 0.1) is 16.3 Å². The molecule has 0 bridgehead atoms. The van der Waals surface area contributed by atoms with Crippen LogP contribution in [0.4, 0.5) is 5.69 Å². The van der Waals surface area contributed by atoms with Gasteiger partial charge in [0.15, 0.2) is 0 Å². The van der Waals surface area contributed by atoms with Crippen LogP contribution < -0.4 is 5.32 Å². The number of hydrogen-bond acceptors (Lipinski definition) is 3. The highest BCUT2D eigenvalue weighted by Crippen LogP contribution is 2.30. The molecule has 3 aromatic rings. The van der Waals surface area contributed by atoms with E-state index in [0.29, 0.717) is 21.3 Å². The van der Waals surface area contributed by atoms with E-state index < -0.39 is 0 Å². The molecule has 3 rings (SSSR count). The van der Waals surface area contributed by atoms with Gasteiger partial charge in [0.1, 0.15) is 0 Å². The highest BCUT2D eigenvalue weighted by atomic mass is 35.5. The summed E-state index contributed by atoms with van der Waals surface area (Å²) in [6.45, 7) is 0. The first-order valence-electron chi connectivity index (χ1n) is 7.14. The Morgan fingerprint density at radius 3 is 2.67 bits per heavy atom. The number of carbonyl (C=O) groups is 1. The zero-order valence-electron chi connectivity index (χ0n) is 12.5. The number of halogens is 2. The van der Waals surface area contributed by atoms with Crippen LogP contribution in [-0.4, -0.2) is 5.91 Å². The third-order valence-corrected chi connectivity index (χ3v) is 5.99. The van der Waals surface area contributed by atoms with Gasteiger partial charge in [-0.25, -0.2) is 0 Å².